The summed E-state index contributed by atoms with van der Waals surface area (Å²) in [6.45, 7) is 0. The molecule has 0 spiro atoms. The third-order valence-corrected chi connectivity index (χ3v) is 0.983. The molecular formula is C8H7BO4. The van der Waals surface area contributed by atoms with Gasteiger partial charge in [0.25, 0.3) is 0 Å². The van der Waals surface area contributed by atoms with Gasteiger partial charge >= 0.3 is 11.9 Å². The van der Waals surface area contributed by atoms with Crippen LogP contribution in [0.2, 0.25) is 0 Å². The molecule has 5 heteroatoms. The molecule has 2 N–H and O–H groups in total. The SMILES string of the molecule is O=C(O)C(=O)O.[B]c1ccccc1. The predicted octanol–water partition coefficient (Wildman–Crippen LogP) is -0.364. The van der Waals surface area contributed by atoms with Crippen LogP contribution in [0.1, 0.15) is 0 Å². The molecule has 13 heavy (non-hydrogen) atoms. The molecule has 1 rings (SSSR count). The van der Waals surface area contributed by atoms with Crippen molar-refractivity contribution in [2.75, 3.05) is 0 Å². The van der Waals surface area contributed by atoms with Crippen LogP contribution in [0.15, 0.2) is 30.3 Å². The Morgan fingerprint density at radius 2 is 1.38 bits per heavy atom. The van der Waals surface area contributed by atoms with E-state index in [2.05, 4.69) is 0 Å². The van der Waals surface area contributed by atoms with E-state index in [-0.39, 0.29) is 0 Å². The highest BCUT2D eigenvalue weighted by atomic mass is 16.4. The fourth-order valence-electron chi connectivity index (χ4n) is 0.453. The van der Waals surface area contributed by atoms with E-state index in [0.29, 0.717) is 0 Å². The Labute approximate surface area is 76.2 Å². The molecule has 66 valence electrons. The molecule has 0 heterocycles. The van der Waals surface area contributed by atoms with Crippen LogP contribution in [0.3, 0.4) is 0 Å². The molecule has 1 aromatic carbocycles. The Morgan fingerprint density at radius 3 is 1.54 bits per heavy atom. The maximum atomic E-state index is 9.10. The highest BCUT2D eigenvalue weighted by molar-refractivity contribution is 6.32. The third-order valence-electron chi connectivity index (χ3n) is 0.983. The fraction of sp³-hybridized carbons (Fsp3) is 0. The number of carboxylic acid groups (broad SMARTS) is 2. The molecule has 0 aliphatic heterocycles. The molecule has 1 aromatic rings. The van der Waals surface area contributed by atoms with Crippen LogP contribution in [0.25, 0.3) is 0 Å². The summed E-state index contributed by atoms with van der Waals surface area (Å²) < 4.78 is 0. The van der Waals surface area contributed by atoms with Crippen molar-refractivity contribution in [3.63, 3.8) is 0 Å². The molecule has 0 fully saturated rings. The van der Waals surface area contributed by atoms with Crippen LogP contribution in [0.4, 0.5) is 0 Å². The van der Waals surface area contributed by atoms with E-state index in [9.17, 15) is 0 Å². The van der Waals surface area contributed by atoms with Crippen LogP contribution in [0, 0.1) is 0 Å². The van der Waals surface area contributed by atoms with E-state index in [1.807, 2.05) is 30.3 Å². The first-order chi connectivity index (χ1) is 6.04. The first-order valence-electron chi connectivity index (χ1n) is 3.30. The second-order valence-corrected chi connectivity index (χ2v) is 2.02. The molecule has 0 saturated carbocycles. The van der Waals surface area contributed by atoms with Crippen LogP contribution in [-0.2, 0) is 9.59 Å². The maximum absolute atomic E-state index is 9.10. The van der Waals surface area contributed by atoms with Gasteiger partial charge in [-0.3, -0.25) is 0 Å². The summed E-state index contributed by atoms with van der Waals surface area (Å²) in [6.07, 6.45) is 0. The molecule has 0 bridgehead atoms. The average Bonchev–Trinajstić information content (AvgIpc) is 2.06. The highest BCUT2D eigenvalue weighted by Gasteiger charge is 2.04. The number of aliphatic carboxylic acids is 2. The molecule has 0 amide bonds. The van der Waals surface area contributed by atoms with Crippen molar-refractivity contribution >= 4 is 25.2 Å². The van der Waals surface area contributed by atoms with E-state index in [4.69, 9.17) is 27.6 Å². The summed E-state index contributed by atoms with van der Waals surface area (Å²) in [5, 5.41) is 14.8. The largest absolute Gasteiger partial charge is 0.473 e. The standard InChI is InChI=1S/C6H5B.C2H2O4/c7-6-4-2-1-3-5-6;3-1(4)2(5)6/h1-5H;(H,3,4)(H,5,6). The summed E-state index contributed by atoms with van der Waals surface area (Å²) in [5.74, 6) is -3.65. The number of benzene rings is 1. The first kappa shape index (κ1) is 11.2. The van der Waals surface area contributed by atoms with Crippen molar-refractivity contribution in [2.24, 2.45) is 0 Å². The number of carbonyl (C=O) groups is 2. The zero-order chi connectivity index (χ0) is 10.3. The van der Waals surface area contributed by atoms with Gasteiger partial charge < -0.3 is 10.2 Å². The fourth-order valence-corrected chi connectivity index (χ4v) is 0.453. The van der Waals surface area contributed by atoms with E-state index in [0.717, 1.165) is 5.46 Å². The number of hydrogen-bond donors (Lipinski definition) is 2. The topological polar surface area (TPSA) is 74.6 Å². The summed E-state index contributed by atoms with van der Waals surface area (Å²) in [7, 11) is 5.36. The minimum atomic E-state index is -1.82. The van der Waals surface area contributed by atoms with Gasteiger partial charge in [0, 0.05) is 0 Å². The quantitative estimate of drug-likeness (QED) is 0.420. The minimum absolute atomic E-state index is 0.822. The average molecular weight is 178 g/mol. The van der Waals surface area contributed by atoms with Crippen molar-refractivity contribution in [3.05, 3.63) is 30.3 Å². The van der Waals surface area contributed by atoms with Crippen molar-refractivity contribution in [1.29, 1.82) is 0 Å². The van der Waals surface area contributed by atoms with Crippen LogP contribution in [0.5, 0.6) is 0 Å². The Morgan fingerprint density at radius 1 is 1.00 bits per heavy atom. The minimum Gasteiger partial charge on any atom is -0.473 e. The number of hydrogen-bond acceptors (Lipinski definition) is 2. The maximum Gasteiger partial charge on any atom is 0.414 e. The molecule has 0 saturated heterocycles. The molecule has 4 nitrogen and oxygen atoms in total. The molecule has 0 atom stereocenters. The molecule has 0 aliphatic carbocycles. The van der Waals surface area contributed by atoms with E-state index in [1.54, 1.807) is 0 Å². The summed E-state index contributed by atoms with van der Waals surface area (Å²) in [4.78, 5) is 18.2. The predicted molar refractivity (Wildman–Crippen MR) is 47.1 cm³/mol. The Balaban J connectivity index is 0.000000226. The Hall–Kier alpha value is -1.78. The van der Waals surface area contributed by atoms with Crippen molar-refractivity contribution in [2.45, 2.75) is 0 Å². The zero-order valence-electron chi connectivity index (χ0n) is 6.68. The highest BCUT2D eigenvalue weighted by Crippen LogP contribution is 1.76. The molecule has 0 unspecified atom stereocenters. The molecule has 0 aromatic heterocycles. The first-order valence-corrected chi connectivity index (χ1v) is 3.30. The molecular weight excluding hydrogens is 171 g/mol. The Bertz CT molecular complexity index is 271. The summed E-state index contributed by atoms with van der Waals surface area (Å²) in [6, 6.07) is 9.49. The number of carboxylic acids is 2. The normalized spacial score (nSPS) is 8.00. The van der Waals surface area contributed by atoms with Gasteiger partial charge in [0.1, 0.15) is 7.85 Å². The van der Waals surface area contributed by atoms with Crippen LogP contribution >= 0.6 is 0 Å². The van der Waals surface area contributed by atoms with Gasteiger partial charge in [-0.05, 0) is 0 Å². The van der Waals surface area contributed by atoms with Gasteiger partial charge in [-0.25, -0.2) is 9.59 Å². The van der Waals surface area contributed by atoms with Gasteiger partial charge in [0.15, 0.2) is 0 Å². The van der Waals surface area contributed by atoms with Crippen molar-refractivity contribution in [1.82, 2.24) is 0 Å². The lowest BCUT2D eigenvalue weighted by molar-refractivity contribution is -0.159. The zero-order valence-corrected chi connectivity index (χ0v) is 6.68. The third kappa shape index (κ3) is 6.62. The van der Waals surface area contributed by atoms with Gasteiger partial charge in [0.05, 0.1) is 0 Å². The monoisotopic (exact) mass is 178 g/mol. The summed E-state index contributed by atoms with van der Waals surface area (Å²) in [5.41, 5.74) is 0.822. The van der Waals surface area contributed by atoms with Crippen molar-refractivity contribution in [3.8, 4) is 0 Å². The molecule has 0 aliphatic rings. The lowest BCUT2D eigenvalue weighted by Gasteiger charge is -1.83. The van der Waals surface area contributed by atoms with Gasteiger partial charge in [-0.15, -0.1) is 0 Å². The van der Waals surface area contributed by atoms with E-state index in [1.165, 1.54) is 0 Å². The Kier molecular flexibility index (Phi) is 5.03. The van der Waals surface area contributed by atoms with Crippen LogP contribution < -0.4 is 5.46 Å². The number of rotatable bonds is 0. The van der Waals surface area contributed by atoms with Crippen LogP contribution in [-0.4, -0.2) is 30.0 Å². The molecule has 2 radical (unpaired) electrons. The van der Waals surface area contributed by atoms with E-state index < -0.39 is 11.9 Å². The van der Waals surface area contributed by atoms with Gasteiger partial charge in [0.2, 0.25) is 0 Å². The summed E-state index contributed by atoms with van der Waals surface area (Å²) >= 11 is 0. The lowest BCUT2D eigenvalue weighted by atomic mass is 9.97. The van der Waals surface area contributed by atoms with Crippen molar-refractivity contribution < 1.29 is 19.8 Å². The van der Waals surface area contributed by atoms with E-state index >= 15 is 0 Å². The second kappa shape index (κ2) is 5.82. The van der Waals surface area contributed by atoms with Gasteiger partial charge in [-0.1, -0.05) is 35.8 Å². The second-order valence-electron chi connectivity index (χ2n) is 2.02. The lowest BCUT2D eigenvalue weighted by Crippen LogP contribution is -2.09. The smallest absolute Gasteiger partial charge is 0.414 e. The van der Waals surface area contributed by atoms with Gasteiger partial charge in [-0.2, -0.15) is 0 Å².